The van der Waals surface area contributed by atoms with Gasteiger partial charge in [-0.2, -0.15) is 0 Å². The maximum Gasteiger partial charge on any atom is 0.0656 e. The summed E-state index contributed by atoms with van der Waals surface area (Å²) in [4.78, 5) is 0. The van der Waals surface area contributed by atoms with Crippen LogP contribution >= 0.6 is 0 Å². The summed E-state index contributed by atoms with van der Waals surface area (Å²) in [6.45, 7) is 15.4. The van der Waals surface area contributed by atoms with E-state index in [1.165, 1.54) is 31.3 Å². The third-order valence-electron chi connectivity index (χ3n) is 6.76. The second-order valence-electron chi connectivity index (χ2n) is 8.74. The fourth-order valence-corrected chi connectivity index (χ4v) is 5.53. The van der Waals surface area contributed by atoms with Crippen LogP contribution in [0.3, 0.4) is 0 Å². The number of aliphatic hydroxyl groups is 1. The molecule has 0 amide bonds. The molecule has 0 spiro atoms. The smallest absolute Gasteiger partial charge is 0.0656 e. The molecule has 0 aromatic heterocycles. The van der Waals surface area contributed by atoms with E-state index in [1.54, 1.807) is 0 Å². The Hall–Kier alpha value is -0.560. The van der Waals surface area contributed by atoms with Crippen molar-refractivity contribution < 1.29 is 5.11 Å². The summed E-state index contributed by atoms with van der Waals surface area (Å²) < 4.78 is 0. The van der Waals surface area contributed by atoms with E-state index in [0.29, 0.717) is 11.3 Å². The zero-order valence-electron chi connectivity index (χ0n) is 14.7. The molecule has 0 saturated heterocycles. The van der Waals surface area contributed by atoms with Crippen molar-refractivity contribution in [3.05, 3.63) is 24.3 Å². The predicted octanol–water partition coefficient (Wildman–Crippen LogP) is 5.50. The van der Waals surface area contributed by atoms with Crippen LogP contribution in [0, 0.1) is 22.7 Å². The molecule has 1 N–H and O–H groups in total. The van der Waals surface area contributed by atoms with Crippen LogP contribution < -0.4 is 0 Å². The summed E-state index contributed by atoms with van der Waals surface area (Å²) in [5, 5.41) is 11.0. The molecule has 0 bridgehead atoms. The first kappa shape index (κ1) is 16.8. The topological polar surface area (TPSA) is 20.2 Å². The first-order valence-corrected chi connectivity index (χ1v) is 8.65. The van der Waals surface area contributed by atoms with Crippen molar-refractivity contribution in [2.75, 3.05) is 0 Å². The van der Waals surface area contributed by atoms with Crippen molar-refractivity contribution in [1.29, 1.82) is 0 Å². The van der Waals surface area contributed by atoms with Gasteiger partial charge in [-0.25, -0.2) is 0 Å². The Labute approximate surface area is 131 Å². The highest BCUT2D eigenvalue weighted by atomic mass is 16.3. The van der Waals surface area contributed by atoms with E-state index >= 15 is 0 Å². The van der Waals surface area contributed by atoms with Crippen molar-refractivity contribution in [3.8, 4) is 0 Å². The van der Waals surface area contributed by atoms with Crippen molar-refractivity contribution >= 4 is 0 Å². The molecule has 0 heterocycles. The number of allylic oxidation sites excluding steroid dienone is 3. The van der Waals surface area contributed by atoms with Crippen LogP contribution in [0.2, 0.25) is 0 Å². The minimum Gasteiger partial charge on any atom is -0.390 e. The molecular formula is C20H34O. The van der Waals surface area contributed by atoms with Crippen molar-refractivity contribution in [2.24, 2.45) is 22.7 Å². The fourth-order valence-electron chi connectivity index (χ4n) is 5.53. The molecular weight excluding hydrogens is 256 g/mol. The van der Waals surface area contributed by atoms with Gasteiger partial charge >= 0.3 is 0 Å². The number of fused-ring (bicyclic) bond motifs is 1. The molecule has 0 aliphatic heterocycles. The van der Waals surface area contributed by atoms with Gasteiger partial charge in [0.1, 0.15) is 0 Å². The van der Waals surface area contributed by atoms with Crippen LogP contribution in [0.1, 0.15) is 73.1 Å². The Morgan fingerprint density at radius 2 is 1.86 bits per heavy atom. The van der Waals surface area contributed by atoms with Crippen LogP contribution in [0.15, 0.2) is 24.3 Å². The first-order chi connectivity index (χ1) is 9.63. The van der Waals surface area contributed by atoms with Crippen molar-refractivity contribution in [1.82, 2.24) is 0 Å². The van der Waals surface area contributed by atoms with E-state index in [0.717, 1.165) is 18.8 Å². The zero-order chi connectivity index (χ0) is 15.9. The molecule has 0 radical (unpaired) electrons. The highest BCUT2D eigenvalue weighted by molar-refractivity contribution is 5.15. The van der Waals surface area contributed by atoms with E-state index in [1.807, 2.05) is 6.08 Å². The first-order valence-electron chi connectivity index (χ1n) is 8.65. The minimum absolute atomic E-state index is 0.265. The van der Waals surface area contributed by atoms with E-state index < -0.39 is 5.60 Å². The Kier molecular flexibility index (Phi) is 4.46. The van der Waals surface area contributed by atoms with Gasteiger partial charge in [-0.15, -0.1) is 0 Å². The van der Waals surface area contributed by atoms with Gasteiger partial charge in [0, 0.05) is 0 Å². The van der Waals surface area contributed by atoms with Crippen LogP contribution in [0.25, 0.3) is 0 Å². The van der Waals surface area contributed by atoms with Gasteiger partial charge in [-0.1, -0.05) is 51.5 Å². The summed E-state index contributed by atoms with van der Waals surface area (Å²) in [5.41, 5.74) is 1.38. The van der Waals surface area contributed by atoms with Gasteiger partial charge < -0.3 is 5.11 Å². The molecule has 0 aromatic carbocycles. The summed E-state index contributed by atoms with van der Waals surface area (Å²) in [5.74, 6) is 1.10. The summed E-state index contributed by atoms with van der Waals surface area (Å²) in [7, 11) is 0. The van der Waals surface area contributed by atoms with E-state index in [9.17, 15) is 5.11 Å². The predicted molar refractivity (Wildman–Crippen MR) is 91.1 cm³/mol. The summed E-state index contributed by atoms with van der Waals surface area (Å²) in [6, 6.07) is 0. The molecule has 2 aliphatic rings. The molecule has 2 fully saturated rings. The molecule has 0 aromatic rings. The molecule has 1 heteroatoms. The average Bonchev–Trinajstić information content (AvgIpc) is 2.35. The fraction of sp³-hybridized carbons (Fsp3) is 0.800. The van der Waals surface area contributed by atoms with Gasteiger partial charge in [-0.05, 0) is 68.6 Å². The van der Waals surface area contributed by atoms with Crippen molar-refractivity contribution in [2.45, 2.75) is 78.7 Å². The molecule has 2 saturated carbocycles. The van der Waals surface area contributed by atoms with Gasteiger partial charge in [0.25, 0.3) is 0 Å². The van der Waals surface area contributed by atoms with Gasteiger partial charge in [0.05, 0.1) is 5.60 Å². The number of hydrogen-bond acceptors (Lipinski definition) is 1. The molecule has 2 rings (SSSR count). The highest BCUT2D eigenvalue weighted by Crippen LogP contribution is 2.62. The lowest BCUT2D eigenvalue weighted by molar-refractivity contribution is -0.165. The zero-order valence-corrected chi connectivity index (χ0v) is 14.7. The molecule has 120 valence electrons. The van der Waals surface area contributed by atoms with E-state index in [2.05, 4.69) is 47.3 Å². The maximum absolute atomic E-state index is 11.0. The number of rotatable bonds is 3. The lowest BCUT2D eigenvalue weighted by Crippen LogP contribution is -2.57. The monoisotopic (exact) mass is 290 g/mol. The standard InChI is InChI=1S/C20H34O/c1-7-15(2)9-10-17-19(5)13-8-12-18(3,4)16(19)11-14-20(17,6)21/h7,9,16-17,21H,1,8,10-14H2,2-6H3/b15-9+/t16-,17?,19-,20+/m1/s1. The van der Waals surface area contributed by atoms with Crippen LogP contribution in [0.4, 0.5) is 0 Å². The van der Waals surface area contributed by atoms with Crippen LogP contribution in [-0.2, 0) is 0 Å². The lowest BCUT2D eigenvalue weighted by atomic mass is 9.45. The maximum atomic E-state index is 11.0. The summed E-state index contributed by atoms with van der Waals surface area (Å²) >= 11 is 0. The second kappa shape index (κ2) is 5.57. The quantitative estimate of drug-likeness (QED) is 0.680. The second-order valence-corrected chi connectivity index (χ2v) is 8.74. The Balaban J connectivity index is 2.35. The molecule has 2 aliphatic carbocycles. The molecule has 1 nitrogen and oxygen atoms in total. The third kappa shape index (κ3) is 2.99. The third-order valence-corrected chi connectivity index (χ3v) is 6.76. The minimum atomic E-state index is -0.531. The summed E-state index contributed by atoms with van der Waals surface area (Å²) in [6.07, 6.45) is 11.2. The average molecular weight is 290 g/mol. The van der Waals surface area contributed by atoms with Crippen molar-refractivity contribution in [3.63, 3.8) is 0 Å². The Morgan fingerprint density at radius 1 is 1.19 bits per heavy atom. The molecule has 1 unspecified atom stereocenters. The van der Waals surface area contributed by atoms with E-state index in [-0.39, 0.29) is 5.41 Å². The molecule has 21 heavy (non-hydrogen) atoms. The van der Waals surface area contributed by atoms with Crippen LogP contribution in [0.5, 0.6) is 0 Å². The van der Waals surface area contributed by atoms with Gasteiger partial charge in [-0.3, -0.25) is 0 Å². The van der Waals surface area contributed by atoms with Gasteiger partial charge in [0.2, 0.25) is 0 Å². The van der Waals surface area contributed by atoms with E-state index in [4.69, 9.17) is 0 Å². The normalized spacial score (nSPS) is 43.2. The highest BCUT2D eigenvalue weighted by Gasteiger charge is 2.57. The lowest BCUT2D eigenvalue weighted by Gasteiger charge is -2.61. The Bertz CT molecular complexity index is 429. The Morgan fingerprint density at radius 3 is 2.48 bits per heavy atom. The number of hydrogen-bond donors (Lipinski definition) is 1. The SMILES string of the molecule is C=C/C(C)=C/CC1[C@@](C)(O)CC[C@@H]2C(C)(C)CCC[C@@]12C. The largest absolute Gasteiger partial charge is 0.390 e. The van der Waals surface area contributed by atoms with Gasteiger partial charge in [0.15, 0.2) is 0 Å². The van der Waals surface area contributed by atoms with Crippen LogP contribution in [-0.4, -0.2) is 10.7 Å². The molecule has 4 atom stereocenters.